The minimum atomic E-state index is -1.04. The van der Waals surface area contributed by atoms with E-state index in [4.69, 9.17) is 5.11 Å². The van der Waals surface area contributed by atoms with Crippen molar-refractivity contribution >= 4 is 17.8 Å². The number of carboxylic acid groups (broad SMARTS) is 1. The maximum Gasteiger partial charge on any atom is 0.325 e. The van der Waals surface area contributed by atoms with E-state index in [1.807, 2.05) is 4.90 Å². The van der Waals surface area contributed by atoms with Crippen molar-refractivity contribution in [2.45, 2.75) is 25.4 Å². The van der Waals surface area contributed by atoms with Crippen molar-refractivity contribution in [1.29, 1.82) is 0 Å². The van der Waals surface area contributed by atoms with Crippen molar-refractivity contribution in [1.82, 2.24) is 24.8 Å². The minimum absolute atomic E-state index is 0.0873. The third-order valence-corrected chi connectivity index (χ3v) is 3.84. The molecule has 0 aromatic carbocycles. The van der Waals surface area contributed by atoms with Gasteiger partial charge in [0.1, 0.15) is 6.54 Å². The van der Waals surface area contributed by atoms with E-state index in [1.54, 1.807) is 4.90 Å². The molecule has 0 bridgehead atoms. The Hall–Kier alpha value is -2.45. The first-order chi connectivity index (χ1) is 10.0. The zero-order chi connectivity index (χ0) is 15.0. The summed E-state index contributed by atoms with van der Waals surface area (Å²) in [6.07, 6.45) is 2.65. The second-order valence-electron chi connectivity index (χ2n) is 5.23. The van der Waals surface area contributed by atoms with Gasteiger partial charge in [-0.15, -0.1) is 5.10 Å². The predicted octanol–water partition coefficient (Wildman–Crippen LogP) is -1.19. The van der Waals surface area contributed by atoms with Gasteiger partial charge in [0.2, 0.25) is 5.91 Å². The van der Waals surface area contributed by atoms with Crippen molar-refractivity contribution in [3.05, 3.63) is 11.9 Å². The molecule has 2 amide bonds. The fourth-order valence-electron chi connectivity index (χ4n) is 2.82. The van der Waals surface area contributed by atoms with Crippen LogP contribution in [0.5, 0.6) is 0 Å². The molecule has 0 spiro atoms. The SMILES string of the molecule is O=C(O)Cn1cc(C(=O)N2CCN3C(=O)CCC3C2)nn1. The molecular formula is C12H15N5O4. The average Bonchev–Trinajstić information content (AvgIpc) is 3.05. The Bertz CT molecular complexity index is 598. The van der Waals surface area contributed by atoms with Crippen molar-refractivity contribution in [2.24, 2.45) is 0 Å². The highest BCUT2D eigenvalue weighted by molar-refractivity contribution is 5.92. The third kappa shape index (κ3) is 2.58. The normalized spacial score (nSPS) is 21.5. The molecule has 2 saturated heterocycles. The fraction of sp³-hybridized carbons (Fsp3) is 0.583. The molecule has 1 aromatic rings. The number of aliphatic carboxylic acids is 1. The first-order valence-corrected chi connectivity index (χ1v) is 6.75. The molecule has 1 N–H and O–H groups in total. The van der Waals surface area contributed by atoms with Gasteiger partial charge in [-0.2, -0.15) is 0 Å². The Balaban J connectivity index is 1.67. The molecule has 2 fully saturated rings. The number of piperazine rings is 1. The third-order valence-electron chi connectivity index (χ3n) is 3.84. The van der Waals surface area contributed by atoms with E-state index < -0.39 is 5.97 Å². The molecule has 3 heterocycles. The molecule has 1 atom stereocenters. The van der Waals surface area contributed by atoms with Gasteiger partial charge in [0.15, 0.2) is 5.69 Å². The molecule has 2 aliphatic heterocycles. The van der Waals surface area contributed by atoms with E-state index in [0.29, 0.717) is 26.1 Å². The second-order valence-corrected chi connectivity index (χ2v) is 5.23. The molecule has 9 nitrogen and oxygen atoms in total. The molecule has 1 aromatic heterocycles. The Morgan fingerprint density at radius 2 is 2.19 bits per heavy atom. The monoisotopic (exact) mass is 293 g/mol. The van der Waals surface area contributed by atoms with Crippen LogP contribution in [-0.2, 0) is 16.1 Å². The molecule has 112 valence electrons. The summed E-state index contributed by atoms with van der Waals surface area (Å²) >= 11 is 0. The number of carbonyl (C=O) groups is 3. The van der Waals surface area contributed by atoms with Crippen LogP contribution in [0.3, 0.4) is 0 Å². The van der Waals surface area contributed by atoms with E-state index >= 15 is 0 Å². The Kier molecular flexibility index (Phi) is 3.32. The van der Waals surface area contributed by atoms with E-state index in [0.717, 1.165) is 11.1 Å². The van der Waals surface area contributed by atoms with Crippen LogP contribution in [0.4, 0.5) is 0 Å². The zero-order valence-electron chi connectivity index (χ0n) is 11.3. The van der Waals surface area contributed by atoms with Crippen LogP contribution >= 0.6 is 0 Å². The Labute approximate surface area is 120 Å². The molecule has 3 rings (SSSR count). The predicted molar refractivity (Wildman–Crippen MR) is 68.3 cm³/mol. The maximum atomic E-state index is 12.3. The standard InChI is InChI=1S/C12H15N5O4/c18-10-2-1-8-5-15(3-4-17(8)10)12(21)9-6-16(14-13-9)7-11(19)20/h6,8H,1-5,7H2,(H,19,20). The lowest BCUT2D eigenvalue weighted by molar-refractivity contribution is -0.138. The number of carbonyl (C=O) groups excluding carboxylic acids is 2. The summed E-state index contributed by atoms with van der Waals surface area (Å²) in [7, 11) is 0. The lowest BCUT2D eigenvalue weighted by Crippen LogP contribution is -2.53. The van der Waals surface area contributed by atoms with Crippen molar-refractivity contribution in [2.75, 3.05) is 19.6 Å². The summed E-state index contributed by atoms with van der Waals surface area (Å²) < 4.78 is 1.12. The van der Waals surface area contributed by atoms with E-state index in [9.17, 15) is 14.4 Å². The van der Waals surface area contributed by atoms with Crippen LogP contribution in [0, 0.1) is 0 Å². The highest BCUT2D eigenvalue weighted by Crippen LogP contribution is 2.23. The molecule has 21 heavy (non-hydrogen) atoms. The number of hydrogen-bond acceptors (Lipinski definition) is 5. The van der Waals surface area contributed by atoms with Crippen molar-refractivity contribution in [3.63, 3.8) is 0 Å². The number of hydrogen-bond donors (Lipinski definition) is 1. The zero-order valence-corrected chi connectivity index (χ0v) is 11.3. The summed E-state index contributed by atoms with van der Waals surface area (Å²) in [5.74, 6) is -1.16. The first-order valence-electron chi connectivity index (χ1n) is 6.75. The van der Waals surface area contributed by atoms with Gasteiger partial charge in [-0.05, 0) is 6.42 Å². The number of amides is 2. The van der Waals surface area contributed by atoms with Gasteiger partial charge in [0, 0.05) is 32.1 Å². The first kappa shape index (κ1) is 13.5. The molecule has 0 aliphatic carbocycles. The number of carboxylic acids is 1. The van der Waals surface area contributed by atoms with Gasteiger partial charge in [-0.25, -0.2) is 4.68 Å². The lowest BCUT2D eigenvalue weighted by atomic mass is 10.1. The number of rotatable bonds is 3. The molecule has 9 heteroatoms. The van der Waals surface area contributed by atoms with Gasteiger partial charge in [-0.1, -0.05) is 5.21 Å². The highest BCUT2D eigenvalue weighted by atomic mass is 16.4. The summed E-state index contributed by atoms with van der Waals surface area (Å²) in [4.78, 5) is 38.0. The average molecular weight is 293 g/mol. The van der Waals surface area contributed by atoms with Gasteiger partial charge >= 0.3 is 5.97 Å². The summed E-state index contributed by atoms with van der Waals surface area (Å²) in [6, 6.07) is 0.0873. The number of nitrogens with zero attached hydrogens (tertiary/aromatic N) is 5. The smallest absolute Gasteiger partial charge is 0.325 e. The van der Waals surface area contributed by atoms with Crippen molar-refractivity contribution in [3.8, 4) is 0 Å². The van der Waals surface area contributed by atoms with Gasteiger partial charge in [0.25, 0.3) is 5.91 Å². The topological polar surface area (TPSA) is 109 Å². The maximum absolute atomic E-state index is 12.3. The Morgan fingerprint density at radius 1 is 1.38 bits per heavy atom. The van der Waals surface area contributed by atoms with Gasteiger partial charge in [0.05, 0.1) is 6.20 Å². The Morgan fingerprint density at radius 3 is 2.95 bits per heavy atom. The quantitative estimate of drug-likeness (QED) is 0.750. The molecule has 0 radical (unpaired) electrons. The van der Waals surface area contributed by atoms with Crippen LogP contribution in [0.1, 0.15) is 23.3 Å². The van der Waals surface area contributed by atoms with Crippen LogP contribution in [0.2, 0.25) is 0 Å². The molecule has 2 aliphatic rings. The summed E-state index contributed by atoms with van der Waals surface area (Å²) in [5.41, 5.74) is 0.133. The van der Waals surface area contributed by atoms with Crippen LogP contribution in [0.25, 0.3) is 0 Å². The highest BCUT2D eigenvalue weighted by Gasteiger charge is 2.37. The van der Waals surface area contributed by atoms with Crippen LogP contribution in [0.15, 0.2) is 6.20 Å². The molecule has 1 unspecified atom stereocenters. The van der Waals surface area contributed by atoms with Crippen molar-refractivity contribution < 1.29 is 19.5 Å². The number of fused-ring (bicyclic) bond motifs is 1. The van der Waals surface area contributed by atoms with E-state index in [1.165, 1.54) is 6.20 Å². The molecular weight excluding hydrogens is 278 g/mol. The minimum Gasteiger partial charge on any atom is -0.480 e. The van der Waals surface area contributed by atoms with Gasteiger partial charge in [-0.3, -0.25) is 14.4 Å². The number of aromatic nitrogens is 3. The van der Waals surface area contributed by atoms with E-state index in [-0.39, 0.29) is 30.1 Å². The molecule has 0 saturated carbocycles. The van der Waals surface area contributed by atoms with E-state index in [2.05, 4.69) is 10.3 Å². The fourth-order valence-corrected chi connectivity index (χ4v) is 2.82. The summed E-state index contributed by atoms with van der Waals surface area (Å²) in [5, 5.41) is 16.0. The summed E-state index contributed by atoms with van der Waals surface area (Å²) in [6.45, 7) is 1.17. The largest absolute Gasteiger partial charge is 0.480 e. The van der Waals surface area contributed by atoms with Gasteiger partial charge < -0.3 is 14.9 Å². The van der Waals surface area contributed by atoms with Crippen LogP contribution in [-0.4, -0.2) is 73.4 Å². The van der Waals surface area contributed by atoms with Crippen LogP contribution < -0.4 is 0 Å². The lowest BCUT2D eigenvalue weighted by Gasteiger charge is -2.37. The second kappa shape index (κ2) is 5.15.